The number of hydrogen-bond acceptors (Lipinski definition) is 7. The Labute approximate surface area is 186 Å². The van der Waals surface area contributed by atoms with Crippen molar-refractivity contribution in [3.63, 3.8) is 0 Å². The van der Waals surface area contributed by atoms with Gasteiger partial charge in [0.2, 0.25) is 0 Å². The van der Waals surface area contributed by atoms with Gasteiger partial charge in [0.25, 0.3) is 5.56 Å². The number of esters is 1. The molecule has 0 amide bonds. The summed E-state index contributed by atoms with van der Waals surface area (Å²) in [5.41, 5.74) is -0.341. The minimum absolute atomic E-state index is 0.214. The molecule has 3 rings (SSSR count). The molecular formula is C20H23IN2O7. The predicted octanol–water partition coefficient (Wildman–Crippen LogP) is 1.43. The number of aryl methyl sites for hydroxylation is 1. The van der Waals surface area contributed by atoms with Crippen LogP contribution in [0.4, 0.5) is 0 Å². The van der Waals surface area contributed by atoms with E-state index in [2.05, 4.69) is 27.6 Å². The molecule has 1 aromatic carbocycles. The summed E-state index contributed by atoms with van der Waals surface area (Å²) in [7, 11) is 1.54. The zero-order valence-corrected chi connectivity index (χ0v) is 18.7. The summed E-state index contributed by atoms with van der Waals surface area (Å²) in [4.78, 5) is 39.1. The van der Waals surface area contributed by atoms with Gasteiger partial charge in [-0.3, -0.25) is 14.3 Å². The lowest BCUT2D eigenvalue weighted by Crippen LogP contribution is -2.42. The van der Waals surface area contributed by atoms with Gasteiger partial charge in [0.05, 0.1) is 18.8 Å². The van der Waals surface area contributed by atoms with Gasteiger partial charge in [0, 0.05) is 23.3 Å². The van der Waals surface area contributed by atoms with E-state index in [1.807, 2.05) is 0 Å². The Balaban J connectivity index is 1.93. The van der Waals surface area contributed by atoms with Crippen LogP contribution in [0.1, 0.15) is 22.1 Å². The van der Waals surface area contributed by atoms with Crippen molar-refractivity contribution in [1.29, 1.82) is 0 Å². The molecule has 1 N–H and O–H groups in total. The first-order valence-electron chi connectivity index (χ1n) is 9.36. The summed E-state index contributed by atoms with van der Waals surface area (Å²) in [6.45, 7) is 2.12. The van der Waals surface area contributed by atoms with Gasteiger partial charge < -0.3 is 18.9 Å². The highest BCUT2D eigenvalue weighted by Gasteiger charge is 2.49. The first-order chi connectivity index (χ1) is 14.5. The summed E-state index contributed by atoms with van der Waals surface area (Å²) in [6, 6.07) is 8.61. The summed E-state index contributed by atoms with van der Waals surface area (Å²) in [6.07, 6.45) is -1.48. The monoisotopic (exact) mass is 530 g/mol. The first kappa shape index (κ1) is 22.7. The van der Waals surface area contributed by atoms with Gasteiger partial charge in [-0.25, -0.2) is 9.59 Å². The van der Waals surface area contributed by atoms with Crippen molar-refractivity contribution in [3.05, 3.63) is 68.5 Å². The van der Waals surface area contributed by atoms with Crippen molar-refractivity contribution < 1.29 is 23.7 Å². The van der Waals surface area contributed by atoms with Crippen molar-refractivity contribution in [2.24, 2.45) is 0 Å². The number of alkyl halides is 1. The SMILES string of the molecule is COCCO[C@H]1C(n2cc(C)c(=O)[nH]c2=O)OC(CI)[C@H]1OC(=O)c1ccccc1. The fraction of sp³-hybridized carbons (Fsp3) is 0.450. The Morgan fingerprint density at radius 3 is 2.60 bits per heavy atom. The average Bonchev–Trinajstić information content (AvgIpc) is 3.08. The molecule has 1 fully saturated rings. The van der Waals surface area contributed by atoms with Gasteiger partial charge in [0.15, 0.2) is 12.3 Å². The highest BCUT2D eigenvalue weighted by molar-refractivity contribution is 14.1. The molecule has 2 aromatic rings. The smallest absolute Gasteiger partial charge is 0.338 e. The number of rotatable bonds is 8. The molecule has 1 aromatic heterocycles. The summed E-state index contributed by atoms with van der Waals surface area (Å²) in [5, 5.41) is 0. The standard InChI is InChI=1S/C20H23IN2O7/c1-12-11-23(20(26)22-17(12)24)18-16(28-9-8-27-2)15(14(10-21)29-18)30-19(25)13-6-4-3-5-7-13/h3-7,11,14-16,18H,8-10H2,1-2H3,(H,22,24,26)/t14?,15-,16-,18?/m1/s1. The van der Waals surface area contributed by atoms with Gasteiger partial charge in [0.1, 0.15) is 12.2 Å². The molecule has 0 saturated carbocycles. The molecule has 4 atom stereocenters. The predicted molar refractivity (Wildman–Crippen MR) is 116 cm³/mol. The minimum Gasteiger partial charge on any atom is -0.453 e. The maximum Gasteiger partial charge on any atom is 0.338 e. The number of methoxy groups -OCH3 is 1. The Bertz CT molecular complexity index is 975. The number of nitrogens with zero attached hydrogens (tertiary/aromatic N) is 1. The normalized spacial score (nSPS) is 23.4. The number of H-pyrrole nitrogens is 1. The average molecular weight is 530 g/mol. The zero-order chi connectivity index (χ0) is 21.7. The van der Waals surface area contributed by atoms with Crippen LogP contribution in [0.25, 0.3) is 0 Å². The zero-order valence-electron chi connectivity index (χ0n) is 16.6. The van der Waals surface area contributed by atoms with Crippen LogP contribution in [-0.4, -0.2) is 58.6 Å². The van der Waals surface area contributed by atoms with E-state index >= 15 is 0 Å². The number of carbonyl (C=O) groups is 1. The van der Waals surface area contributed by atoms with Crippen molar-refractivity contribution >= 4 is 28.6 Å². The molecule has 0 radical (unpaired) electrons. The molecule has 1 aliphatic heterocycles. The molecule has 30 heavy (non-hydrogen) atoms. The van der Waals surface area contributed by atoms with Crippen LogP contribution in [0, 0.1) is 6.92 Å². The number of nitrogens with one attached hydrogen (secondary N) is 1. The fourth-order valence-electron chi connectivity index (χ4n) is 3.18. The maximum atomic E-state index is 12.7. The van der Waals surface area contributed by atoms with Crippen LogP contribution in [0.3, 0.4) is 0 Å². The molecule has 0 spiro atoms. The number of ether oxygens (including phenoxy) is 4. The van der Waals surface area contributed by atoms with Crippen molar-refractivity contribution in [1.82, 2.24) is 9.55 Å². The third-order valence-electron chi connectivity index (χ3n) is 4.71. The van der Waals surface area contributed by atoms with E-state index in [0.29, 0.717) is 22.2 Å². The summed E-state index contributed by atoms with van der Waals surface area (Å²) in [5.74, 6) is -0.509. The van der Waals surface area contributed by atoms with Crippen molar-refractivity contribution in [2.75, 3.05) is 24.8 Å². The molecule has 1 saturated heterocycles. The van der Waals surface area contributed by atoms with E-state index < -0.39 is 41.8 Å². The minimum atomic E-state index is -0.877. The lowest BCUT2D eigenvalue weighted by atomic mass is 10.1. The van der Waals surface area contributed by atoms with Gasteiger partial charge in [-0.1, -0.05) is 40.8 Å². The second-order valence-electron chi connectivity index (χ2n) is 6.76. The Hall–Kier alpha value is -2.02. The fourth-order valence-corrected chi connectivity index (χ4v) is 3.89. The molecule has 0 aliphatic carbocycles. The van der Waals surface area contributed by atoms with Crippen LogP contribution < -0.4 is 11.2 Å². The lowest BCUT2D eigenvalue weighted by molar-refractivity contribution is -0.0815. The van der Waals surface area contributed by atoms with Crippen LogP contribution in [0.2, 0.25) is 0 Å². The molecule has 9 nitrogen and oxygen atoms in total. The van der Waals surface area contributed by atoms with Gasteiger partial charge >= 0.3 is 11.7 Å². The Morgan fingerprint density at radius 2 is 1.93 bits per heavy atom. The number of aromatic amines is 1. The lowest BCUT2D eigenvalue weighted by Gasteiger charge is -2.25. The van der Waals surface area contributed by atoms with Crippen LogP contribution in [0.5, 0.6) is 0 Å². The second-order valence-corrected chi connectivity index (χ2v) is 7.64. The van der Waals surface area contributed by atoms with Crippen molar-refractivity contribution in [3.8, 4) is 0 Å². The van der Waals surface area contributed by atoms with Gasteiger partial charge in [-0.15, -0.1) is 0 Å². The third-order valence-corrected chi connectivity index (χ3v) is 5.58. The summed E-state index contributed by atoms with van der Waals surface area (Å²) < 4.78 is 24.6. The number of aromatic nitrogens is 2. The topological polar surface area (TPSA) is 109 Å². The van der Waals surface area contributed by atoms with Crippen LogP contribution in [-0.2, 0) is 18.9 Å². The Kier molecular flexibility index (Phi) is 7.81. The highest BCUT2D eigenvalue weighted by atomic mass is 127. The van der Waals surface area contributed by atoms with E-state index in [4.69, 9.17) is 18.9 Å². The first-order valence-corrected chi connectivity index (χ1v) is 10.9. The number of carbonyl (C=O) groups excluding carboxylic acids is 1. The van der Waals surface area contributed by atoms with E-state index in [0.717, 1.165) is 0 Å². The van der Waals surface area contributed by atoms with Crippen LogP contribution >= 0.6 is 22.6 Å². The van der Waals surface area contributed by atoms with E-state index in [9.17, 15) is 14.4 Å². The van der Waals surface area contributed by atoms with Gasteiger partial charge in [-0.2, -0.15) is 0 Å². The van der Waals surface area contributed by atoms with Crippen molar-refractivity contribution in [2.45, 2.75) is 31.5 Å². The maximum absolute atomic E-state index is 12.7. The van der Waals surface area contributed by atoms with E-state index in [-0.39, 0.29) is 6.61 Å². The van der Waals surface area contributed by atoms with Crippen LogP contribution in [0.15, 0.2) is 46.1 Å². The largest absolute Gasteiger partial charge is 0.453 e. The highest BCUT2D eigenvalue weighted by Crippen LogP contribution is 2.34. The van der Waals surface area contributed by atoms with Gasteiger partial charge in [-0.05, 0) is 19.1 Å². The second kappa shape index (κ2) is 10.3. The molecule has 10 heteroatoms. The number of hydrogen-bond donors (Lipinski definition) is 1. The molecule has 2 heterocycles. The molecule has 1 aliphatic rings. The molecule has 2 unspecified atom stereocenters. The number of halogens is 1. The number of benzene rings is 1. The quantitative estimate of drug-likeness (QED) is 0.238. The Morgan fingerprint density at radius 1 is 1.20 bits per heavy atom. The molecule has 0 bridgehead atoms. The third kappa shape index (κ3) is 4.99. The summed E-state index contributed by atoms with van der Waals surface area (Å²) >= 11 is 2.13. The van der Waals surface area contributed by atoms with E-state index in [1.54, 1.807) is 44.4 Å². The molecule has 162 valence electrons. The van der Waals surface area contributed by atoms with E-state index in [1.165, 1.54) is 10.8 Å². The molecular weight excluding hydrogens is 507 g/mol.